The molecule has 0 heterocycles. The number of halogens is 2. The Bertz CT molecular complexity index is 1590. The molecule has 3 heteroatoms. The molecule has 6 rings (SSSR count). The first-order valence-electron chi connectivity index (χ1n) is 13.5. The van der Waals surface area contributed by atoms with Crippen molar-refractivity contribution in [2.75, 3.05) is 0 Å². The van der Waals surface area contributed by atoms with Crippen LogP contribution in [0.3, 0.4) is 0 Å². The van der Waals surface area contributed by atoms with Crippen molar-refractivity contribution < 1.29 is 18.3 Å². The molecule has 0 aliphatic heterocycles. The predicted molar refractivity (Wildman–Crippen MR) is 173 cm³/mol. The zero-order valence-electron chi connectivity index (χ0n) is 23.3. The summed E-state index contributed by atoms with van der Waals surface area (Å²) in [6.45, 7) is 9.40. The van der Waals surface area contributed by atoms with Crippen molar-refractivity contribution in [2.45, 2.75) is 34.1 Å². The number of fused-ring (bicyclic) bond motifs is 3. The van der Waals surface area contributed by atoms with Crippen molar-refractivity contribution in [1.82, 2.24) is 0 Å². The van der Waals surface area contributed by atoms with E-state index in [9.17, 15) is 0 Å². The van der Waals surface area contributed by atoms with Gasteiger partial charge >= 0.3 is 224 Å². The molecular formula is C36H38Cl2Zr. The van der Waals surface area contributed by atoms with Crippen LogP contribution in [0.2, 0.25) is 0 Å². The van der Waals surface area contributed by atoms with Crippen LogP contribution in [0.15, 0.2) is 124 Å². The monoisotopic (exact) mass is 630 g/mol. The van der Waals surface area contributed by atoms with Crippen LogP contribution in [0, 0.1) is 11.3 Å². The summed E-state index contributed by atoms with van der Waals surface area (Å²) < 4.78 is 11.5. The van der Waals surface area contributed by atoms with E-state index in [-0.39, 0.29) is 30.2 Å². The van der Waals surface area contributed by atoms with Gasteiger partial charge in [0.2, 0.25) is 0 Å². The first-order chi connectivity index (χ1) is 17.7. The van der Waals surface area contributed by atoms with E-state index in [0.717, 1.165) is 6.42 Å². The molecule has 0 radical (unpaired) electrons. The summed E-state index contributed by atoms with van der Waals surface area (Å²) in [6.07, 6.45) is 6.05. The summed E-state index contributed by atoms with van der Waals surface area (Å²) >= 11 is -4.67. The minimum absolute atomic E-state index is 0. The van der Waals surface area contributed by atoms with Crippen molar-refractivity contribution >= 4 is 38.8 Å². The van der Waals surface area contributed by atoms with E-state index in [4.69, 9.17) is 4.21 Å². The van der Waals surface area contributed by atoms with Crippen LogP contribution in [0.25, 0.3) is 11.1 Å². The van der Waals surface area contributed by atoms with Crippen LogP contribution < -0.4 is 9.81 Å². The molecule has 39 heavy (non-hydrogen) atoms. The van der Waals surface area contributed by atoms with Gasteiger partial charge in [-0.3, -0.25) is 0 Å². The SMILES string of the molecule is Cl.Cl.[CH2]=[Zr]([C]1=CC(C(C)(C)C)=CC1C)([c]1ccccc1)([c]1ccccc1)[c]1cccc2c1Cc1ccccc1-2. The molecule has 0 amide bonds. The second-order valence-electron chi connectivity index (χ2n) is 12.1. The summed E-state index contributed by atoms with van der Waals surface area (Å²) in [4.78, 5) is 0. The van der Waals surface area contributed by atoms with E-state index < -0.39 is 18.3 Å². The van der Waals surface area contributed by atoms with Gasteiger partial charge in [-0.25, -0.2) is 0 Å². The molecule has 2 aliphatic carbocycles. The number of rotatable bonds is 4. The third kappa shape index (κ3) is 4.33. The molecule has 1 unspecified atom stereocenters. The molecule has 1 atom stereocenters. The fourth-order valence-electron chi connectivity index (χ4n) is 7.09. The molecule has 0 spiro atoms. The molecule has 0 nitrogen and oxygen atoms in total. The Morgan fingerprint density at radius 1 is 0.692 bits per heavy atom. The van der Waals surface area contributed by atoms with Gasteiger partial charge in [0, 0.05) is 0 Å². The molecule has 4 aromatic rings. The number of allylic oxidation sites excluding steroid dienone is 4. The molecule has 0 N–H and O–H groups in total. The zero-order valence-corrected chi connectivity index (χ0v) is 27.4. The number of hydrogen-bond acceptors (Lipinski definition) is 0. The van der Waals surface area contributed by atoms with Gasteiger partial charge in [-0.2, -0.15) is 0 Å². The third-order valence-corrected chi connectivity index (χ3v) is 25.6. The Hall–Kier alpha value is -2.31. The van der Waals surface area contributed by atoms with E-state index in [2.05, 4.69) is 143 Å². The second-order valence-corrected chi connectivity index (χ2v) is 24.9. The first-order valence-corrected chi connectivity index (χ1v) is 20.2. The Morgan fingerprint density at radius 3 is 1.79 bits per heavy atom. The third-order valence-electron chi connectivity index (χ3n) is 9.00. The predicted octanol–water partition coefficient (Wildman–Crippen LogP) is 8.01. The maximum absolute atomic E-state index is 5.61. The summed E-state index contributed by atoms with van der Waals surface area (Å²) in [6, 6.07) is 38.6. The Balaban J connectivity index is 0.00000176. The van der Waals surface area contributed by atoms with Crippen LogP contribution in [0.1, 0.15) is 38.8 Å². The Labute approximate surface area is 247 Å². The summed E-state index contributed by atoms with van der Waals surface area (Å²) in [5.41, 5.74) is 7.20. The van der Waals surface area contributed by atoms with E-state index in [1.54, 1.807) is 3.28 Å². The van der Waals surface area contributed by atoms with Crippen LogP contribution in [0.4, 0.5) is 0 Å². The fraction of sp³-hybridized carbons (Fsp3) is 0.194. The molecule has 0 fully saturated rings. The van der Waals surface area contributed by atoms with Gasteiger partial charge < -0.3 is 0 Å². The maximum atomic E-state index is 5.61. The van der Waals surface area contributed by atoms with E-state index in [1.807, 2.05) is 0 Å². The molecular weight excluding hydrogens is 595 g/mol. The molecule has 0 aromatic heterocycles. The number of hydrogen-bond donors (Lipinski definition) is 0. The van der Waals surface area contributed by atoms with Gasteiger partial charge in [0.25, 0.3) is 0 Å². The Morgan fingerprint density at radius 2 is 1.23 bits per heavy atom. The second kappa shape index (κ2) is 10.6. The normalized spacial score (nSPS) is 16.3. The van der Waals surface area contributed by atoms with Gasteiger partial charge in [-0.1, -0.05) is 0 Å². The van der Waals surface area contributed by atoms with Gasteiger partial charge in [-0.05, 0) is 0 Å². The molecule has 4 aromatic carbocycles. The van der Waals surface area contributed by atoms with E-state index in [0.29, 0.717) is 5.92 Å². The standard InChI is InChI=1S/C13H9.C10H15.2C6H5.CH2.2ClH.Zr/c1-3-7-12-10(5-1)9-11-6-2-4-8-13(11)12;1-8-5-6-9(7-8)10(2,3)4;2*1-2-4-6-5-3-1;;;;/h1-5,7-8H,9H2;6-8H,1-4H3;2*1-5H;1H2;2*1H;. The molecule has 200 valence electrons. The average Bonchev–Trinajstić information content (AvgIpc) is 3.51. The first kappa shape index (κ1) is 29.7. The van der Waals surface area contributed by atoms with Crippen molar-refractivity contribution in [3.8, 4) is 11.1 Å². The van der Waals surface area contributed by atoms with Gasteiger partial charge in [0.05, 0.1) is 0 Å². The Kier molecular flexibility index (Phi) is 8.06. The van der Waals surface area contributed by atoms with Crippen molar-refractivity contribution in [1.29, 1.82) is 0 Å². The minimum atomic E-state index is -4.67. The van der Waals surface area contributed by atoms with Crippen LogP contribution in [-0.4, -0.2) is 4.21 Å². The van der Waals surface area contributed by atoms with Crippen LogP contribution >= 0.6 is 24.8 Å². The van der Waals surface area contributed by atoms with Gasteiger partial charge in [0.1, 0.15) is 0 Å². The topological polar surface area (TPSA) is 0 Å². The molecule has 0 saturated carbocycles. The summed E-state index contributed by atoms with van der Waals surface area (Å²) in [5, 5.41) is 0. The van der Waals surface area contributed by atoms with E-state index >= 15 is 0 Å². The molecule has 0 saturated heterocycles. The average molecular weight is 633 g/mol. The van der Waals surface area contributed by atoms with Crippen LogP contribution in [-0.2, 0) is 24.7 Å². The van der Waals surface area contributed by atoms with Crippen LogP contribution in [0.5, 0.6) is 0 Å². The zero-order chi connectivity index (χ0) is 25.9. The number of benzene rings is 4. The van der Waals surface area contributed by atoms with Crippen molar-refractivity contribution in [3.63, 3.8) is 0 Å². The molecule has 2 aliphatic rings. The fourth-order valence-corrected chi connectivity index (χ4v) is 23.6. The van der Waals surface area contributed by atoms with Gasteiger partial charge in [-0.15, -0.1) is 24.8 Å². The molecule has 0 bridgehead atoms. The summed E-state index contributed by atoms with van der Waals surface area (Å²) in [7, 11) is 0. The summed E-state index contributed by atoms with van der Waals surface area (Å²) in [5.74, 6) is 0.331. The van der Waals surface area contributed by atoms with Crippen molar-refractivity contribution in [3.05, 3.63) is 135 Å². The van der Waals surface area contributed by atoms with Crippen molar-refractivity contribution in [2.24, 2.45) is 11.3 Å². The quantitative estimate of drug-likeness (QED) is 0.188. The van der Waals surface area contributed by atoms with Gasteiger partial charge in [0.15, 0.2) is 0 Å². The van der Waals surface area contributed by atoms with E-state index in [1.165, 1.54) is 37.6 Å².